The number of aliphatic hydroxyl groups is 1. The highest BCUT2D eigenvalue weighted by atomic mass is 32.1. The highest BCUT2D eigenvalue weighted by Crippen LogP contribution is 2.35. The normalized spacial score (nSPS) is 16.2. The van der Waals surface area contributed by atoms with E-state index < -0.39 is 6.10 Å². The second kappa shape index (κ2) is 8.89. The molecule has 7 heteroatoms. The van der Waals surface area contributed by atoms with Gasteiger partial charge in [0.15, 0.2) is 0 Å². The molecule has 4 heterocycles. The van der Waals surface area contributed by atoms with Crippen molar-refractivity contribution in [3.05, 3.63) is 63.7 Å². The number of rotatable bonds is 6. The summed E-state index contributed by atoms with van der Waals surface area (Å²) in [5.74, 6) is 0.763. The van der Waals surface area contributed by atoms with E-state index in [1.807, 2.05) is 29.6 Å². The van der Waals surface area contributed by atoms with E-state index in [9.17, 15) is 5.11 Å². The van der Waals surface area contributed by atoms with Gasteiger partial charge in [0, 0.05) is 35.2 Å². The molecule has 5 nitrogen and oxygen atoms in total. The van der Waals surface area contributed by atoms with Crippen molar-refractivity contribution in [2.75, 3.05) is 13.2 Å². The third-order valence-corrected chi connectivity index (χ3v) is 7.68. The van der Waals surface area contributed by atoms with Crippen LogP contribution in [0.5, 0.6) is 0 Å². The van der Waals surface area contributed by atoms with Gasteiger partial charge in [0.25, 0.3) is 0 Å². The van der Waals surface area contributed by atoms with Crippen LogP contribution in [-0.4, -0.2) is 33.3 Å². The number of aryl methyl sites for hydroxylation is 1. The standard InChI is InChI=1S/C23H23N3O2S2/c27-21(23-24-8-11-29-23)17-3-1-2-16(12-17)20-22-19(25-14-26-20)13-18(30-22)5-4-15-6-9-28-10-7-15/h1-3,8,11-15,21,27H,4-7,9-10H2. The Morgan fingerprint density at radius 3 is 2.87 bits per heavy atom. The monoisotopic (exact) mass is 437 g/mol. The quantitative estimate of drug-likeness (QED) is 0.446. The lowest BCUT2D eigenvalue weighted by Gasteiger charge is -2.21. The summed E-state index contributed by atoms with van der Waals surface area (Å²) in [4.78, 5) is 14.7. The molecule has 1 atom stereocenters. The van der Waals surface area contributed by atoms with Gasteiger partial charge in [-0.15, -0.1) is 22.7 Å². The van der Waals surface area contributed by atoms with Gasteiger partial charge in [-0.2, -0.15) is 0 Å². The summed E-state index contributed by atoms with van der Waals surface area (Å²) in [6.45, 7) is 1.80. The average molecular weight is 438 g/mol. The predicted octanol–water partition coefficient (Wildman–Crippen LogP) is 5.26. The third-order valence-electron chi connectivity index (χ3n) is 5.66. The van der Waals surface area contributed by atoms with Gasteiger partial charge in [0.1, 0.15) is 17.4 Å². The first-order chi connectivity index (χ1) is 14.8. The molecule has 0 spiro atoms. The molecular weight excluding hydrogens is 414 g/mol. The van der Waals surface area contributed by atoms with Gasteiger partial charge in [0.2, 0.25) is 0 Å². The van der Waals surface area contributed by atoms with Crippen molar-refractivity contribution in [2.24, 2.45) is 5.92 Å². The number of thiazole rings is 1. The van der Waals surface area contributed by atoms with Crippen LogP contribution in [0.15, 0.2) is 48.2 Å². The van der Waals surface area contributed by atoms with Gasteiger partial charge in [0.05, 0.1) is 15.9 Å². The SMILES string of the molecule is OC(c1cccc(-c2ncnc3cc(CCC4CCOCC4)sc23)c1)c1nccs1. The largest absolute Gasteiger partial charge is 0.381 e. The summed E-state index contributed by atoms with van der Waals surface area (Å²) in [5, 5.41) is 13.3. The van der Waals surface area contributed by atoms with Gasteiger partial charge in [-0.25, -0.2) is 15.0 Å². The molecular formula is C23H23N3O2S2. The molecule has 1 aromatic carbocycles. The van der Waals surface area contributed by atoms with Gasteiger partial charge in [-0.1, -0.05) is 18.2 Å². The zero-order valence-electron chi connectivity index (χ0n) is 16.5. The number of thiophene rings is 1. The Hall–Kier alpha value is -2.19. The molecule has 5 rings (SSSR count). The zero-order chi connectivity index (χ0) is 20.3. The number of hydrogen-bond acceptors (Lipinski definition) is 7. The van der Waals surface area contributed by atoms with Crippen LogP contribution in [0.4, 0.5) is 0 Å². The summed E-state index contributed by atoms with van der Waals surface area (Å²) >= 11 is 3.25. The van der Waals surface area contributed by atoms with E-state index >= 15 is 0 Å². The summed E-state index contributed by atoms with van der Waals surface area (Å²) in [5.41, 5.74) is 3.74. The lowest BCUT2D eigenvalue weighted by molar-refractivity contribution is 0.0641. The number of nitrogens with zero attached hydrogens (tertiary/aromatic N) is 3. The van der Waals surface area contributed by atoms with E-state index in [1.165, 1.54) is 35.5 Å². The fraction of sp³-hybridized carbons (Fsp3) is 0.348. The van der Waals surface area contributed by atoms with Crippen molar-refractivity contribution in [2.45, 2.75) is 31.8 Å². The van der Waals surface area contributed by atoms with Gasteiger partial charge in [-0.05, 0) is 49.3 Å². The number of fused-ring (bicyclic) bond motifs is 1. The molecule has 1 aliphatic heterocycles. The van der Waals surface area contributed by atoms with Gasteiger partial charge < -0.3 is 9.84 Å². The van der Waals surface area contributed by atoms with Gasteiger partial charge in [-0.3, -0.25) is 0 Å². The molecule has 1 saturated heterocycles. The Balaban J connectivity index is 1.41. The maximum absolute atomic E-state index is 10.7. The highest BCUT2D eigenvalue weighted by Gasteiger charge is 2.17. The smallest absolute Gasteiger partial charge is 0.131 e. The zero-order valence-corrected chi connectivity index (χ0v) is 18.2. The minimum atomic E-state index is -0.722. The Kier molecular flexibility index (Phi) is 5.86. The Labute approximate surface area is 183 Å². The van der Waals surface area contributed by atoms with Crippen LogP contribution in [0.2, 0.25) is 0 Å². The minimum Gasteiger partial charge on any atom is -0.381 e. The minimum absolute atomic E-state index is 0.700. The molecule has 1 N–H and O–H groups in total. The molecule has 4 aromatic rings. The van der Waals surface area contributed by atoms with Crippen molar-refractivity contribution < 1.29 is 9.84 Å². The molecule has 154 valence electrons. The molecule has 30 heavy (non-hydrogen) atoms. The number of ether oxygens (including phenoxy) is 1. The lowest BCUT2D eigenvalue weighted by atomic mass is 9.95. The second-order valence-electron chi connectivity index (χ2n) is 7.64. The van der Waals surface area contributed by atoms with Crippen LogP contribution in [0.1, 0.15) is 40.8 Å². The maximum Gasteiger partial charge on any atom is 0.131 e. The van der Waals surface area contributed by atoms with E-state index in [-0.39, 0.29) is 0 Å². The summed E-state index contributed by atoms with van der Waals surface area (Å²) < 4.78 is 6.59. The molecule has 1 aliphatic rings. The van der Waals surface area contributed by atoms with Crippen LogP contribution in [0, 0.1) is 5.92 Å². The van der Waals surface area contributed by atoms with Crippen LogP contribution in [0.25, 0.3) is 21.5 Å². The summed E-state index contributed by atoms with van der Waals surface area (Å²) in [6.07, 6.45) is 7.25. The summed E-state index contributed by atoms with van der Waals surface area (Å²) in [6, 6.07) is 10.2. The van der Waals surface area contributed by atoms with E-state index in [4.69, 9.17) is 4.74 Å². The fourth-order valence-electron chi connectivity index (χ4n) is 3.98. The van der Waals surface area contributed by atoms with E-state index in [0.717, 1.165) is 52.6 Å². The van der Waals surface area contributed by atoms with E-state index in [2.05, 4.69) is 21.0 Å². The molecule has 0 bridgehead atoms. The molecule has 0 amide bonds. The summed E-state index contributed by atoms with van der Waals surface area (Å²) in [7, 11) is 0. The molecule has 0 saturated carbocycles. The predicted molar refractivity (Wildman–Crippen MR) is 121 cm³/mol. The topological polar surface area (TPSA) is 68.1 Å². The van der Waals surface area contributed by atoms with Crippen molar-refractivity contribution in [1.82, 2.24) is 15.0 Å². The number of hydrogen-bond donors (Lipinski definition) is 1. The first-order valence-electron chi connectivity index (χ1n) is 10.3. The van der Waals surface area contributed by atoms with Crippen LogP contribution >= 0.6 is 22.7 Å². The molecule has 1 unspecified atom stereocenters. The molecule has 0 aliphatic carbocycles. The van der Waals surface area contributed by atoms with Gasteiger partial charge >= 0.3 is 0 Å². The Morgan fingerprint density at radius 2 is 2.03 bits per heavy atom. The van der Waals surface area contributed by atoms with Crippen molar-refractivity contribution >= 4 is 32.9 Å². The highest BCUT2D eigenvalue weighted by molar-refractivity contribution is 7.19. The van der Waals surface area contributed by atoms with E-state index in [1.54, 1.807) is 23.9 Å². The van der Waals surface area contributed by atoms with E-state index in [0.29, 0.717) is 5.01 Å². The van der Waals surface area contributed by atoms with Crippen LogP contribution < -0.4 is 0 Å². The number of aliphatic hydroxyl groups excluding tert-OH is 1. The first kappa shape index (κ1) is 19.8. The fourth-order valence-corrected chi connectivity index (χ4v) is 5.77. The molecule has 1 fully saturated rings. The average Bonchev–Trinajstić information content (AvgIpc) is 3.47. The van der Waals surface area contributed by atoms with Crippen molar-refractivity contribution in [3.8, 4) is 11.3 Å². The van der Waals surface area contributed by atoms with Crippen LogP contribution in [0.3, 0.4) is 0 Å². The lowest BCUT2D eigenvalue weighted by Crippen LogP contribution is -2.15. The Bertz CT molecular complexity index is 1120. The second-order valence-corrected chi connectivity index (χ2v) is 9.71. The Morgan fingerprint density at radius 1 is 1.13 bits per heavy atom. The van der Waals surface area contributed by atoms with Crippen LogP contribution in [-0.2, 0) is 11.2 Å². The van der Waals surface area contributed by atoms with Crippen molar-refractivity contribution in [3.63, 3.8) is 0 Å². The first-order valence-corrected chi connectivity index (χ1v) is 12.0. The number of benzene rings is 1. The molecule has 0 radical (unpaired) electrons. The molecule has 3 aromatic heterocycles. The maximum atomic E-state index is 10.7. The van der Waals surface area contributed by atoms with Crippen molar-refractivity contribution in [1.29, 1.82) is 0 Å². The third kappa shape index (κ3) is 4.16. The number of aromatic nitrogens is 3.